The number of carbonyl (C=O) groups excluding carboxylic acids is 1. The number of non-ortho nitro benzene ring substituents is 1. The molecule has 1 aromatic rings. The van der Waals surface area contributed by atoms with Crippen molar-refractivity contribution in [1.29, 1.82) is 0 Å². The van der Waals surface area contributed by atoms with Gasteiger partial charge in [0.2, 0.25) is 0 Å². The van der Waals surface area contributed by atoms with Crippen molar-refractivity contribution in [2.45, 2.75) is 19.4 Å². The van der Waals surface area contributed by atoms with Gasteiger partial charge in [-0.15, -0.1) is 0 Å². The van der Waals surface area contributed by atoms with Gasteiger partial charge >= 0.3 is 0 Å². The van der Waals surface area contributed by atoms with Crippen LogP contribution in [-0.4, -0.2) is 48.2 Å². The second kappa shape index (κ2) is 5.80. The van der Waals surface area contributed by atoms with Gasteiger partial charge < -0.3 is 4.90 Å². The number of carbonyl (C=O) groups is 1. The van der Waals surface area contributed by atoms with Crippen LogP contribution in [0.2, 0.25) is 0 Å². The topological polar surface area (TPSA) is 97.6 Å². The molecule has 0 saturated carbocycles. The average molecular weight is 312 g/mol. The maximum Gasteiger partial charge on any atom is 0.269 e. The Kier molecular flexibility index (Phi) is 4.26. The maximum absolute atomic E-state index is 12.4. The number of amides is 1. The monoisotopic (exact) mass is 312 g/mol. The van der Waals surface area contributed by atoms with E-state index in [1.165, 1.54) is 29.2 Å². The van der Waals surface area contributed by atoms with E-state index in [0.29, 0.717) is 18.5 Å². The number of hydrogen-bond acceptors (Lipinski definition) is 5. The first-order valence-electron chi connectivity index (χ1n) is 6.60. The molecule has 1 atom stereocenters. The Morgan fingerprint density at radius 1 is 1.38 bits per heavy atom. The lowest BCUT2D eigenvalue weighted by molar-refractivity contribution is -0.384. The van der Waals surface area contributed by atoms with Crippen molar-refractivity contribution in [1.82, 2.24) is 4.90 Å². The van der Waals surface area contributed by atoms with Gasteiger partial charge in [0.05, 0.1) is 16.4 Å². The number of rotatable bonds is 4. The summed E-state index contributed by atoms with van der Waals surface area (Å²) in [5, 5.41) is 10.6. The van der Waals surface area contributed by atoms with E-state index in [1.807, 2.05) is 0 Å². The summed E-state index contributed by atoms with van der Waals surface area (Å²) in [7, 11) is -3.07. The lowest BCUT2D eigenvalue weighted by atomic mass is 10.1. The molecule has 1 aromatic carbocycles. The maximum atomic E-state index is 12.4. The predicted molar refractivity (Wildman–Crippen MR) is 76.9 cm³/mol. The Morgan fingerprint density at radius 2 is 2.00 bits per heavy atom. The smallest absolute Gasteiger partial charge is 0.269 e. The SMILES string of the molecule is CCN(C(=O)c1ccc([N+](=O)[O-])cc1)[C@@H]1CCS(=O)(=O)C1. The molecule has 1 saturated heterocycles. The summed E-state index contributed by atoms with van der Waals surface area (Å²) < 4.78 is 23.1. The van der Waals surface area contributed by atoms with Crippen LogP contribution in [0.25, 0.3) is 0 Å². The van der Waals surface area contributed by atoms with E-state index in [9.17, 15) is 23.3 Å². The Morgan fingerprint density at radius 3 is 2.43 bits per heavy atom. The van der Waals surface area contributed by atoms with Crippen LogP contribution in [0.15, 0.2) is 24.3 Å². The highest BCUT2D eigenvalue weighted by Gasteiger charge is 2.34. The van der Waals surface area contributed by atoms with Gasteiger partial charge in [0.1, 0.15) is 0 Å². The van der Waals surface area contributed by atoms with Gasteiger partial charge in [-0.3, -0.25) is 14.9 Å². The minimum Gasteiger partial charge on any atom is -0.335 e. The summed E-state index contributed by atoms with van der Waals surface area (Å²) in [6, 6.07) is 5.01. The van der Waals surface area contributed by atoms with Crippen molar-refractivity contribution < 1.29 is 18.1 Å². The molecule has 1 aliphatic heterocycles. The average Bonchev–Trinajstić information content (AvgIpc) is 2.79. The third kappa shape index (κ3) is 3.38. The molecule has 2 rings (SSSR count). The summed E-state index contributed by atoms with van der Waals surface area (Å²) in [6.07, 6.45) is 0.439. The molecular formula is C13H16N2O5S. The van der Waals surface area contributed by atoms with E-state index >= 15 is 0 Å². The number of sulfone groups is 1. The molecule has 0 N–H and O–H groups in total. The van der Waals surface area contributed by atoms with Crippen LogP contribution in [0.4, 0.5) is 5.69 Å². The van der Waals surface area contributed by atoms with E-state index < -0.39 is 14.8 Å². The molecule has 1 amide bonds. The first-order chi connectivity index (χ1) is 9.84. The largest absolute Gasteiger partial charge is 0.335 e. The minimum absolute atomic E-state index is 0.0143. The number of nitro groups is 1. The molecule has 0 aromatic heterocycles. The number of nitrogens with zero attached hydrogens (tertiary/aromatic N) is 2. The van der Waals surface area contributed by atoms with E-state index in [4.69, 9.17) is 0 Å². The van der Waals surface area contributed by atoms with Gasteiger partial charge in [0.15, 0.2) is 9.84 Å². The van der Waals surface area contributed by atoms with Crippen molar-refractivity contribution in [3.8, 4) is 0 Å². The van der Waals surface area contributed by atoms with Crippen LogP contribution < -0.4 is 0 Å². The fraction of sp³-hybridized carbons (Fsp3) is 0.462. The van der Waals surface area contributed by atoms with Crippen LogP contribution >= 0.6 is 0 Å². The third-order valence-electron chi connectivity index (χ3n) is 3.58. The fourth-order valence-electron chi connectivity index (χ4n) is 2.48. The van der Waals surface area contributed by atoms with Crippen molar-refractivity contribution in [2.24, 2.45) is 0 Å². The lowest BCUT2D eigenvalue weighted by Gasteiger charge is -2.26. The summed E-state index contributed by atoms with van der Waals surface area (Å²) in [5.74, 6) is -0.212. The quantitative estimate of drug-likeness (QED) is 0.615. The summed E-state index contributed by atoms with van der Waals surface area (Å²) in [5.41, 5.74) is 0.241. The molecule has 8 heteroatoms. The summed E-state index contributed by atoms with van der Waals surface area (Å²) in [6.45, 7) is 2.18. The number of hydrogen-bond donors (Lipinski definition) is 0. The second-order valence-electron chi connectivity index (χ2n) is 4.95. The van der Waals surface area contributed by atoms with Crippen molar-refractivity contribution >= 4 is 21.4 Å². The zero-order valence-corrected chi connectivity index (χ0v) is 12.4. The molecule has 0 radical (unpaired) electrons. The third-order valence-corrected chi connectivity index (χ3v) is 5.33. The van der Waals surface area contributed by atoms with E-state index in [2.05, 4.69) is 0 Å². The molecule has 0 unspecified atom stereocenters. The highest BCUT2D eigenvalue weighted by atomic mass is 32.2. The van der Waals surface area contributed by atoms with Crippen molar-refractivity contribution in [3.05, 3.63) is 39.9 Å². The summed E-state index contributed by atoms with van der Waals surface area (Å²) >= 11 is 0. The first-order valence-corrected chi connectivity index (χ1v) is 8.42. The second-order valence-corrected chi connectivity index (χ2v) is 7.18. The molecule has 1 aliphatic rings. The van der Waals surface area contributed by atoms with Crippen LogP contribution in [-0.2, 0) is 9.84 Å². The summed E-state index contributed by atoms with van der Waals surface area (Å²) in [4.78, 5) is 24.0. The normalized spacial score (nSPS) is 20.1. The van der Waals surface area contributed by atoms with Crippen molar-refractivity contribution in [3.63, 3.8) is 0 Å². The fourth-order valence-corrected chi connectivity index (χ4v) is 4.21. The zero-order chi connectivity index (χ0) is 15.6. The molecule has 114 valence electrons. The highest BCUT2D eigenvalue weighted by molar-refractivity contribution is 7.91. The predicted octanol–water partition coefficient (Wildman–Crippen LogP) is 1.24. The van der Waals surface area contributed by atoms with Gasteiger partial charge in [0, 0.05) is 30.3 Å². The molecule has 7 nitrogen and oxygen atoms in total. The van der Waals surface area contributed by atoms with Crippen LogP contribution in [0, 0.1) is 10.1 Å². The molecule has 1 heterocycles. The van der Waals surface area contributed by atoms with Gasteiger partial charge in [-0.25, -0.2) is 8.42 Å². The minimum atomic E-state index is -3.07. The van der Waals surface area contributed by atoms with E-state index in [0.717, 1.165) is 0 Å². The van der Waals surface area contributed by atoms with Gasteiger partial charge in [0.25, 0.3) is 11.6 Å². The van der Waals surface area contributed by atoms with E-state index in [1.54, 1.807) is 6.92 Å². The highest BCUT2D eigenvalue weighted by Crippen LogP contribution is 2.21. The zero-order valence-electron chi connectivity index (χ0n) is 11.6. The number of benzene rings is 1. The molecule has 0 spiro atoms. The number of nitro benzene ring substituents is 1. The molecule has 1 fully saturated rings. The lowest BCUT2D eigenvalue weighted by Crippen LogP contribution is -2.40. The van der Waals surface area contributed by atoms with Crippen LogP contribution in [0.1, 0.15) is 23.7 Å². The van der Waals surface area contributed by atoms with Crippen LogP contribution in [0.3, 0.4) is 0 Å². The molecular weight excluding hydrogens is 296 g/mol. The van der Waals surface area contributed by atoms with Gasteiger partial charge in [-0.2, -0.15) is 0 Å². The first kappa shape index (κ1) is 15.4. The van der Waals surface area contributed by atoms with Crippen molar-refractivity contribution in [2.75, 3.05) is 18.1 Å². The standard InChI is InChI=1S/C13H16N2O5S/c1-2-14(12-7-8-21(19,20)9-12)13(16)10-3-5-11(6-4-10)15(17)18/h3-6,12H,2,7-9H2,1H3/t12-/m1/s1. The molecule has 0 aliphatic carbocycles. The Balaban J connectivity index is 2.18. The molecule has 0 bridgehead atoms. The Bertz CT molecular complexity index is 654. The Hall–Kier alpha value is -1.96. The molecule has 21 heavy (non-hydrogen) atoms. The Labute approximate surface area is 122 Å². The van der Waals surface area contributed by atoms with Gasteiger partial charge in [-0.05, 0) is 25.5 Å². The van der Waals surface area contributed by atoms with E-state index in [-0.39, 0.29) is 29.1 Å². The van der Waals surface area contributed by atoms with Crippen LogP contribution in [0.5, 0.6) is 0 Å². The van der Waals surface area contributed by atoms with Gasteiger partial charge in [-0.1, -0.05) is 0 Å².